The molecule has 0 fully saturated rings. The first-order chi connectivity index (χ1) is 13.8. The summed E-state index contributed by atoms with van der Waals surface area (Å²) < 4.78 is 5.60. The van der Waals surface area contributed by atoms with Crippen molar-refractivity contribution in [1.29, 1.82) is 0 Å². The summed E-state index contributed by atoms with van der Waals surface area (Å²) in [7, 11) is 0. The van der Waals surface area contributed by atoms with Gasteiger partial charge in [-0.1, -0.05) is 17.7 Å². The molecule has 0 saturated heterocycles. The average Bonchev–Trinajstić information content (AvgIpc) is 2.64. The number of hydrogen-bond acceptors (Lipinski definition) is 5. The van der Waals surface area contributed by atoms with Crippen molar-refractivity contribution >= 4 is 34.8 Å². The van der Waals surface area contributed by atoms with E-state index in [1.807, 2.05) is 70.2 Å². The Balaban J connectivity index is 1.61. The van der Waals surface area contributed by atoms with Gasteiger partial charge in [-0.2, -0.15) is 0 Å². The monoisotopic (exact) mass is 410 g/mol. The summed E-state index contributed by atoms with van der Waals surface area (Å²) in [5.41, 5.74) is 5.02. The minimum absolute atomic E-state index is 0.0989. The first-order valence-corrected chi connectivity index (χ1v) is 9.57. The molecule has 0 aliphatic heterocycles. The summed E-state index contributed by atoms with van der Waals surface area (Å²) in [6.07, 6.45) is 0. The molecular formula is C22H23ClN4O2. The van der Waals surface area contributed by atoms with E-state index in [0.717, 1.165) is 28.2 Å². The van der Waals surface area contributed by atoms with Crippen LogP contribution >= 0.6 is 11.6 Å². The van der Waals surface area contributed by atoms with E-state index >= 15 is 0 Å². The van der Waals surface area contributed by atoms with Crippen LogP contribution in [-0.4, -0.2) is 22.5 Å². The van der Waals surface area contributed by atoms with Gasteiger partial charge in [0.25, 0.3) is 5.91 Å². The molecule has 0 spiro atoms. The number of ether oxygens (including phenoxy) is 1. The zero-order valence-electron chi connectivity index (χ0n) is 16.8. The lowest BCUT2D eigenvalue weighted by Gasteiger charge is -2.11. The predicted octanol–water partition coefficient (Wildman–Crippen LogP) is 5.12. The number of hydrogen-bond donors (Lipinski definition) is 2. The lowest BCUT2D eigenvalue weighted by Crippen LogP contribution is -2.20. The predicted molar refractivity (Wildman–Crippen MR) is 116 cm³/mol. The minimum Gasteiger partial charge on any atom is -0.484 e. The number of aromatic nitrogens is 2. The Bertz CT molecular complexity index is 1010. The van der Waals surface area contributed by atoms with Crippen LogP contribution in [0, 0.1) is 27.7 Å². The fourth-order valence-corrected chi connectivity index (χ4v) is 3.03. The number of halogens is 1. The summed E-state index contributed by atoms with van der Waals surface area (Å²) in [6, 6.07) is 12.9. The molecule has 0 radical (unpaired) electrons. The van der Waals surface area contributed by atoms with E-state index < -0.39 is 0 Å². The van der Waals surface area contributed by atoms with E-state index in [1.165, 1.54) is 0 Å². The maximum atomic E-state index is 12.3. The SMILES string of the molecule is Cc1cc(C)nc(Nc2cccc(NC(=O)COc3cc(C)c(Cl)c(C)c3)c2)n1. The molecule has 1 amide bonds. The minimum atomic E-state index is -0.255. The summed E-state index contributed by atoms with van der Waals surface area (Å²) >= 11 is 6.16. The number of amides is 1. The summed E-state index contributed by atoms with van der Waals surface area (Å²) in [4.78, 5) is 21.0. The molecule has 0 unspecified atom stereocenters. The van der Waals surface area contributed by atoms with Gasteiger partial charge in [0.05, 0.1) is 0 Å². The van der Waals surface area contributed by atoms with Crippen molar-refractivity contribution in [2.24, 2.45) is 0 Å². The number of rotatable bonds is 6. The van der Waals surface area contributed by atoms with Gasteiger partial charge in [-0.15, -0.1) is 0 Å². The molecule has 29 heavy (non-hydrogen) atoms. The van der Waals surface area contributed by atoms with Gasteiger partial charge in [-0.25, -0.2) is 9.97 Å². The second-order valence-electron chi connectivity index (χ2n) is 6.89. The van der Waals surface area contributed by atoms with E-state index in [-0.39, 0.29) is 12.5 Å². The smallest absolute Gasteiger partial charge is 0.262 e. The third-order valence-corrected chi connectivity index (χ3v) is 4.76. The van der Waals surface area contributed by atoms with Crippen LogP contribution in [0.2, 0.25) is 5.02 Å². The molecule has 7 heteroatoms. The van der Waals surface area contributed by atoms with E-state index in [2.05, 4.69) is 20.6 Å². The summed E-state index contributed by atoms with van der Waals surface area (Å²) in [5.74, 6) is 0.875. The van der Waals surface area contributed by atoms with Crippen LogP contribution in [0.3, 0.4) is 0 Å². The van der Waals surface area contributed by atoms with Crippen LogP contribution in [0.15, 0.2) is 42.5 Å². The van der Waals surface area contributed by atoms with Crippen molar-refractivity contribution in [1.82, 2.24) is 9.97 Å². The maximum Gasteiger partial charge on any atom is 0.262 e. The van der Waals surface area contributed by atoms with E-state index in [9.17, 15) is 4.79 Å². The highest BCUT2D eigenvalue weighted by atomic mass is 35.5. The second kappa shape index (κ2) is 8.92. The largest absolute Gasteiger partial charge is 0.484 e. The molecule has 150 valence electrons. The Morgan fingerprint density at radius 1 is 0.966 bits per heavy atom. The van der Waals surface area contributed by atoms with Gasteiger partial charge in [0.2, 0.25) is 5.95 Å². The van der Waals surface area contributed by atoms with Crippen LogP contribution in [0.1, 0.15) is 22.5 Å². The average molecular weight is 411 g/mol. The Morgan fingerprint density at radius 3 is 2.24 bits per heavy atom. The molecule has 3 rings (SSSR count). The highest BCUT2D eigenvalue weighted by Crippen LogP contribution is 2.26. The highest BCUT2D eigenvalue weighted by Gasteiger charge is 2.08. The van der Waals surface area contributed by atoms with E-state index in [4.69, 9.17) is 16.3 Å². The summed E-state index contributed by atoms with van der Waals surface area (Å²) in [6.45, 7) is 7.54. The Hall–Kier alpha value is -3.12. The Kier molecular flexibility index (Phi) is 6.34. The van der Waals surface area contributed by atoms with Gasteiger partial charge in [0.15, 0.2) is 6.61 Å². The van der Waals surface area contributed by atoms with Crippen molar-refractivity contribution in [3.05, 3.63) is 70.0 Å². The van der Waals surface area contributed by atoms with Crippen molar-refractivity contribution in [2.45, 2.75) is 27.7 Å². The second-order valence-corrected chi connectivity index (χ2v) is 7.27. The third kappa shape index (κ3) is 5.68. The topological polar surface area (TPSA) is 76.1 Å². The number of nitrogens with zero attached hydrogens (tertiary/aromatic N) is 2. The molecular weight excluding hydrogens is 388 g/mol. The van der Waals surface area contributed by atoms with E-state index in [1.54, 1.807) is 0 Å². The van der Waals surface area contributed by atoms with Gasteiger partial charge < -0.3 is 15.4 Å². The van der Waals surface area contributed by atoms with Crippen LogP contribution in [0.5, 0.6) is 5.75 Å². The lowest BCUT2D eigenvalue weighted by molar-refractivity contribution is -0.118. The molecule has 0 bridgehead atoms. The van der Waals surface area contributed by atoms with Crippen LogP contribution in [0.25, 0.3) is 0 Å². The van der Waals surface area contributed by atoms with Crippen molar-refractivity contribution in [2.75, 3.05) is 17.2 Å². The number of anilines is 3. The Morgan fingerprint density at radius 2 is 1.59 bits per heavy atom. The van der Waals surface area contributed by atoms with Crippen LogP contribution in [0.4, 0.5) is 17.3 Å². The lowest BCUT2D eigenvalue weighted by atomic mass is 10.1. The van der Waals surface area contributed by atoms with Crippen LogP contribution < -0.4 is 15.4 Å². The van der Waals surface area contributed by atoms with Gasteiger partial charge in [0.1, 0.15) is 5.75 Å². The molecule has 0 aliphatic carbocycles. The highest BCUT2D eigenvalue weighted by molar-refractivity contribution is 6.32. The quantitative estimate of drug-likeness (QED) is 0.589. The molecule has 3 aromatic rings. The number of carbonyl (C=O) groups excluding carboxylic acids is 1. The first-order valence-electron chi connectivity index (χ1n) is 9.19. The Labute approximate surface area is 175 Å². The standard InChI is InChI=1S/C22H23ClN4O2/c1-13-8-19(9-14(2)21(13)23)29-12-20(28)26-17-6-5-7-18(11-17)27-22-24-15(3)10-16(4)25-22/h5-11H,12H2,1-4H3,(H,26,28)(H,24,25,27). The fourth-order valence-electron chi connectivity index (χ4n) is 2.92. The van der Waals surface area contributed by atoms with Crippen molar-refractivity contribution in [3.63, 3.8) is 0 Å². The molecule has 0 atom stereocenters. The van der Waals surface area contributed by atoms with Crippen molar-refractivity contribution in [3.8, 4) is 5.75 Å². The third-order valence-electron chi connectivity index (χ3n) is 4.16. The number of benzene rings is 2. The molecule has 1 aromatic heterocycles. The van der Waals surface area contributed by atoms with Gasteiger partial charge in [-0.3, -0.25) is 4.79 Å². The fraction of sp³-hybridized carbons (Fsp3) is 0.227. The maximum absolute atomic E-state index is 12.3. The first kappa shape index (κ1) is 20.6. The number of aryl methyl sites for hydroxylation is 4. The zero-order chi connectivity index (χ0) is 21.0. The number of nitrogens with one attached hydrogen (secondary N) is 2. The normalized spacial score (nSPS) is 10.5. The molecule has 6 nitrogen and oxygen atoms in total. The van der Waals surface area contributed by atoms with Crippen LogP contribution in [-0.2, 0) is 4.79 Å². The van der Waals surface area contributed by atoms with Gasteiger partial charge in [0, 0.05) is 27.8 Å². The molecule has 0 aliphatic rings. The zero-order valence-corrected chi connectivity index (χ0v) is 17.6. The molecule has 2 N–H and O–H groups in total. The molecule has 1 heterocycles. The van der Waals surface area contributed by atoms with Gasteiger partial charge >= 0.3 is 0 Å². The van der Waals surface area contributed by atoms with Crippen molar-refractivity contribution < 1.29 is 9.53 Å². The number of carbonyl (C=O) groups is 1. The summed E-state index contributed by atoms with van der Waals surface area (Å²) in [5, 5.41) is 6.70. The molecule has 0 saturated carbocycles. The molecule has 2 aromatic carbocycles. The van der Waals surface area contributed by atoms with E-state index in [0.29, 0.717) is 22.4 Å². The van der Waals surface area contributed by atoms with Gasteiger partial charge in [-0.05, 0) is 75.2 Å².